The average Bonchev–Trinajstić information content (AvgIpc) is 2.96. The molecular weight excluding hydrogens is 518 g/mol. The van der Waals surface area contributed by atoms with Gasteiger partial charge in [0.2, 0.25) is 11.8 Å². The van der Waals surface area contributed by atoms with Crippen molar-refractivity contribution in [3.05, 3.63) is 84.4 Å². The van der Waals surface area contributed by atoms with Gasteiger partial charge in [0.1, 0.15) is 25.8 Å². The van der Waals surface area contributed by atoms with Crippen LogP contribution in [0.3, 0.4) is 0 Å². The Morgan fingerprint density at radius 2 is 1.54 bits per heavy atom. The Balaban J connectivity index is 1.75. The lowest BCUT2D eigenvalue weighted by molar-refractivity contribution is -0.140. The molecule has 9 nitrogen and oxygen atoms in total. The summed E-state index contributed by atoms with van der Waals surface area (Å²) in [6, 6.07) is 21.2. The van der Waals surface area contributed by atoms with Gasteiger partial charge in [-0.1, -0.05) is 55.5 Å². The van der Waals surface area contributed by atoms with E-state index in [1.807, 2.05) is 44.2 Å². The van der Waals surface area contributed by atoms with Gasteiger partial charge in [-0.05, 0) is 43.2 Å². The number of carbonyl (C=O) groups is 2. The van der Waals surface area contributed by atoms with Crippen LogP contribution in [0.15, 0.2) is 83.8 Å². The Bertz CT molecular complexity index is 1380. The molecule has 0 unspecified atom stereocenters. The van der Waals surface area contributed by atoms with E-state index in [2.05, 4.69) is 5.32 Å². The number of nitrogens with zero attached hydrogens (tertiary/aromatic N) is 2. The molecule has 0 bridgehead atoms. The number of anilines is 1. The van der Waals surface area contributed by atoms with Crippen LogP contribution in [0.5, 0.6) is 11.5 Å². The molecule has 206 valence electrons. The molecule has 0 fully saturated rings. The molecule has 4 rings (SSSR count). The first kappa shape index (κ1) is 28.0. The summed E-state index contributed by atoms with van der Waals surface area (Å²) in [5.74, 6) is 0.100. The molecule has 1 N–H and O–H groups in total. The minimum Gasteiger partial charge on any atom is -0.486 e. The number of sulfonamides is 1. The first-order valence-electron chi connectivity index (χ1n) is 12.9. The van der Waals surface area contributed by atoms with Crippen molar-refractivity contribution in [1.82, 2.24) is 10.2 Å². The number of rotatable bonds is 11. The molecule has 0 radical (unpaired) electrons. The van der Waals surface area contributed by atoms with Gasteiger partial charge in [-0.15, -0.1) is 0 Å². The zero-order valence-electron chi connectivity index (χ0n) is 22.1. The Labute approximate surface area is 229 Å². The van der Waals surface area contributed by atoms with Crippen molar-refractivity contribution < 1.29 is 27.5 Å². The van der Waals surface area contributed by atoms with Gasteiger partial charge in [-0.25, -0.2) is 8.42 Å². The summed E-state index contributed by atoms with van der Waals surface area (Å²) >= 11 is 0. The Kier molecular flexibility index (Phi) is 9.08. The Morgan fingerprint density at radius 3 is 2.18 bits per heavy atom. The van der Waals surface area contributed by atoms with Crippen LogP contribution < -0.4 is 19.1 Å². The van der Waals surface area contributed by atoms with Crippen LogP contribution in [0.1, 0.15) is 25.8 Å². The monoisotopic (exact) mass is 551 g/mol. The summed E-state index contributed by atoms with van der Waals surface area (Å²) in [6.07, 6.45) is 0.361. The molecule has 3 aromatic rings. The fraction of sp³-hybridized carbons (Fsp3) is 0.310. The van der Waals surface area contributed by atoms with Gasteiger partial charge >= 0.3 is 0 Å². The summed E-state index contributed by atoms with van der Waals surface area (Å²) in [5.41, 5.74) is 1.08. The van der Waals surface area contributed by atoms with Gasteiger partial charge in [0, 0.05) is 19.2 Å². The molecule has 1 aliphatic rings. The maximum Gasteiger partial charge on any atom is 0.264 e. The number of nitrogens with one attached hydrogen (secondary N) is 1. The van der Waals surface area contributed by atoms with E-state index in [-0.39, 0.29) is 23.0 Å². The van der Waals surface area contributed by atoms with E-state index >= 15 is 0 Å². The van der Waals surface area contributed by atoms with Crippen molar-refractivity contribution in [2.24, 2.45) is 0 Å². The highest BCUT2D eigenvalue weighted by atomic mass is 32.2. The molecule has 2 amide bonds. The second kappa shape index (κ2) is 12.7. The summed E-state index contributed by atoms with van der Waals surface area (Å²) < 4.78 is 40.1. The summed E-state index contributed by atoms with van der Waals surface area (Å²) in [6.45, 7) is 4.40. The number of likely N-dealkylation sites (N-methyl/N-ethyl adjacent to an activating group) is 1. The maximum absolute atomic E-state index is 14.0. The van der Waals surface area contributed by atoms with Gasteiger partial charge in [0.15, 0.2) is 11.5 Å². The zero-order valence-corrected chi connectivity index (χ0v) is 22.9. The minimum atomic E-state index is -4.16. The number of benzene rings is 3. The predicted molar refractivity (Wildman–Crippen MR) is 148 cm³/mol. The third kappa shape index (κ3) is 6.51. The molecule has 1 atom stereocenters. The highest BCUT2D eigenvalue weighted by Gasteiger charge is 2.34. The lowest BCUT2D eigenvalue weighted by Gasteiger charge is -2.33. The van der Waals surface area contributed by atoms with Crippen LogP contribution in [0.2, 0.25) is 0 Å². The molecule has 0 saturated heterocycles. The number of amides is 2. The fourth-order valence-electron chi connectivity index (χ4n) is 4.43. The van der Waals surface area contributed by atoms with Crippen LogP contribution in [-0.2, 0) is 26.2 Å². The van der Waals surface area contributed by atoms with E-state index in [9.17, 15) is 18.0 Å². The molecule has 1 aliphatic heterocycles. The highest BCUT2D eigenvalue weighted by Crippen LogP contribution is 2.36. The van der Waals surface area contributed by atoms with Crippen molar-refractivity contribution >= 4 is 27.5 Å². The second-order valence-electron chi connectivity index (χ2n) is 8.98. The van der Waals surface area contributed by atoms with E-state index in [4.69, 9.17) is 9.47 Å². The Hall–Kier alpha value is -4.05. The van der Waals surface area contributed by atoms with Crippen LogP contribution >= 0.6 is 0 Å². The van der Waals surface area contributed by atoms with Crippen LogP contribution in [0.25, 0.3) is 0 Å². The summed E-state index contributed by atoms with van der Waals surface area (Å²) in [5, 5.41) is 2.80. The quantitative estimate of drug-likeness (QED) is 0.391. The molecule has 0 saturated carbocycles. The van der Waals surface area contributed by atoms with Crippen LogP contribution in [0, 0.1) is 0 Å². The smallest absolute Gasteiger partial charge is 0.264 e. The maximum atomic E-state index is 14.0. The molecule has 3 aromatic carbocycles. The fourth-order valence-corrected chi connectivity index (χ4v) is 5.85. The summed E-state index contributed by atoms with van der Waals surface area (Å²) in [7, 11) is -4.16. The van der Waals surface area contributed by atoms with E-state index in [1.54, 1.807) is 36.4 Å². The van der Waals surface area contributed by atoms with Crippen molar-refractivity contribution in [3.63, 3.8) is 0 Å². The summed E-state index contributed by atoms with van der Waals surface area (Å²) in [4.78, 5) is 28.5. The molecule has 39 heavy (non-hydrogen) atoms. The van der Waals surface area contributed by atoms with Gasteiger partial charge < -0.3 is 19.7 Å². The van der Waals surface area contributed by atoms with Gasteiger partial charge in [-0.2, -0.15) is 0 Å². The Morgan fingerprint density at radius 1 is 0.897 bits per heavy atom. The average molecular weight is 552 g/mol. The van der Waals surface area contributed by atoms with Crippen molar-refractivity contribution in [1.29, 1.82) is 0 Å². The van der Waals surface area contributed by atoms with E-state index < -0.39 is 28.5 Å². The van der Waals surface area contributed by atoms with Crippen LogP contribution in [-0.4, -0.2) is 57.5 Å². The van der Waals surface area contributed by atoms with E-state index in [0.717, 1.165) is 9.87 Å². The topological polar surface area (TPSA) is 105 Å². The number of hydrogen-bond acceptors (Lipinski definition) is 6. The predicted octanol–water partition coefficient (Wildman–Crippen LogP) is 3.60. The molecule has 1 heterocycles. The first-order valence-corrected chi connectivity index (χ1v) is 14.4. The molecule has 0 aromatic heterocycles. The van der Waals surface area contributed by atoms with Crippen molar-refractivity contribution in [3.8, 4) is 11.5 Å². The SMILES string of the molecule is CCNC(=O)[C@H](CC)N(Cc1ccccc1)C(=O)CN(c1ccc2c(c1)OCCO2)S(=O)(=O)c1ccccc1. The normalized spacial score (nSPS) is 13.3. The van der Waals surface area contributed by atoms with Gasteiger partial charge in [0.25, 0.3) is 10.0 Å². The zero-order chi connectivity index (χ0) is 27.8. The highest BCUT2D eigenvalue weighted by molar-refractivity contribution is 7.92. The van der Waals surface area contributed by atoms with Crippen LogP contribution in [0.4, 0.5) is 5.69 Å². The van der Waals surface area contributed by atoms with E-state index in [1.165, 1.54) is 17.0 Å². The van der Waals surface area contributed by atoms with Gasteiger partial charge in [0.05, 0.1) is 10.6 Å². The third-order valence-corrected chi connectivity index (χ3v) is 8.14. The molecule has 0 spiro atoms. The minimum absolute atomic E-state index is 0.0399. The molecule has 10 heteroatoms. The third-order valence-electron chi connectivity index (χ3n) is 6.36. The lowest BCUT2D eigenvalue weighted by atomic mass is 10.1. The molecular formula is C29H33N3O6S. The van der Waals surface area contributed by atoms with Crippen molar-refractivity contribution in [2.75, 3.05) is 30.6 Å². The van der Waals surface area contributed by atoms with E-state index in [0.29, 0.717) is 37.7 Å². The largest absolute Gasteiger partial charge is 0.486 e. The molecule has 0 aliphatic carbocycles. The number of fused-ring (bicyclic) bond motifs is 1. The van der Waals surface area contributed by atoms with Crippen molar-refractivity contribution in [2.45, 2.75) is 37.8 Å². The number of hydrogen-bond donors (Lipinski definition) is 1. The first-order chi connectivity index (χ1) is 18.8. The lowest BCUT2D eigenvalue weighted by Crippen LogP contribution is -2.52. The van der Waals surface area contributed by atoms with Gasteiger partial charge in [-0.3, -0.25) is 13.9 Å². The number of ether oxygens (including phenoxy) is 2. The second-order valence-corrected chi connectivity index (χ2v) is 10.8. The standard InChI is InChI=1S/C29H33N3O6S/c1-3-25(29(34)30-4-2)31(20-22-11-7-5-8-12-22)28(33)21-32(39(35,36)24-13-9-6-10-14-24)23-15-16-26-27(19-23)38-18-17-37-26/h5-16,19,25H,3-4,17-18,20-21H2,1-2H3,(H,30,34)/t25-/m0/s1. The number of carbonyl (C=O) groups excluding carboxylic acids is 2.